The number of ketones is 2. The van der Waals surface area contributed by atoms with Gasteiger partial charge in [0, 0.05) is 10.0 Å². The molecule has 0 saturated heterocycles. The van der Waals surface area contributed by atoms with Gasteiger partial charge < -0.3 is 4.74 Å². The molecule has 1 unspecified atom stereocenters. The third kappa shape index (κ3) is 3.76. The standard InChI is InChI=1S/C12H20O4/c1-5-9(6-2)11(14)10(8(4)13)12(15)16-7-3/h9-10H,5-7H2,1-4H3/i4D3. The highest BCUT2D eigenvalue weighted by molar-refractivity contribution is 6.17. The molecule has 0 aromatic carbocycles. The SMILES string of the molecule is [2H]C([2H])([2H])C(=O)C(C(=O)OCC)C(=O)C(CC)CC. The summed E-state index contributed by atoms with van der Waals surface area (Å²) in [5.41, 5.74) is 0. The molecule has 0 aromatic heterocycles. The van der Waals surface area contributed by atoms with Gasteiger partial charge in [0.15, 0.2) is 17.5 Å². The molecule has 0 aromatic rings. The number of Topliss-reactive ketones (excluding diaryl/α,β-unsaturated/α-hetero) is 2. The largest absolute Gasteiger partial charge is 0.465 e. The van der Waals surface area contributed by atoms with Gasteiger partial charge in [0.25, 0.3) is 0 Å². The van der Waals surface area contributed by atoms with Gasteiger partial charge in [0.2, 0.25) is 0 Å². The molecule has 0 fully saturated rings. The molecule has 0 rings (SSSR count). The van der Waals surface area contributed by atoms with Crippen LogP contribution < -0.4 is 0 Å². The first-order valence-corrected chi connectivity index (χ1v) is 5.45. The Morgan fingerprint density at radius 2 is 1.75 bits per heavy atom. The van der Waals surface area contributed by atoms with Crippen LogP contribution in [0.2, 0.25) is 0 Å². The number of carbonyl (C=O) groups is 3. The summed E-state index contributed by atoms with van der Waals surface area (Å²) in [6.45, 7) is 2.01. The molecule has 1 atom stereocenters. The van der Waals surface area contributed by atoms with Gasteiger partial charge in [0.1, 0.15) is 0 Å². The van der Waals surface area contributed by atoms with Crippen LogP contribution in [0.4, 0.5) is 0 Å². The van der Waals surface area contributed by atoms with Gasteiger partial charge in [-0.2, -0.15) is 0 Å². The lowest BCUT2D eigenvalue weighted by Gasteiger charge is -2.17. The third-order valence-electron chi connectivity index (χ3n) is 2.46. The van der Waals surface area contributed by atoms with Crippen molar-refractivity contribution in [3.05, 3.63) is 0 Å². The molecular formula is C12H20O4. The molecule has 4 heteroatoms. The quantitative estimate of drug-likeness (QED) is 0.495. The van der Waals surface area contributed by atoms with Crippen molar-refractivity contribution in [2.24, 2.45) is 11.8 Å². The Kier molecular flexibility index (Phi) is 4.46. The lowest BCUT2D eigenvalue weighted by Crippen LogP contribution is -2.35. The molecular weight excluding hydrogens is 208 g/mol. The fourth-order valence-electron chi connectivity index (χ4n) is 1.50. The molecule has 0 heterocycles. The number of hydrogen-bond acceptors (Lipinski definition) is 4. The van der Waals surface area contributed by atoms with Crippen LogP contribution in [0.3, 0.4) is 0 Å². The summed E-state index contributed by atoms with van der Waals surface area (Å²) >= 11 is 0. The van der Waals surface area contributed by atoms with E-state index in [1.807, 2.05) is 0 Å². The average molecular weight is 231 g/mol. The van der Waals surface area contributed by atoms with E-state index in [9.17, 15) is 14.4 Å². The van der Waals surface area contributed by atoms with Crippen LogP contribution in [0.1, 0.15) is 44.6 Å². The Balaban J connectivity index is 5.35. The lowest BCUT2D eigenvalue weighted by atomic mass is 9.87. The van der Waals surface area contributed by atoms with E-state index in [4.69, 9.17) is 4.11 Å². The summed E-state index contributed by atoms with van der Waals surface area (Å²) in [6.07, 6.45) is 0.888. The van der Waals surface area contributed by atoms with E-state index in [2.05, 4.69) is 4.74 Å². The molecule has 4 nitrogen and oxygen atoms in total. The lowest BCUT2D eigenvalue weighted by molar-refractivity contribution is -0.155. The van der Waals surface area contributed by atoms with E-state index in [1.54, 1.807) is 13.8 Å². The van der Waals surface area contributed by atoms with Crippen molar-refractivity contribution < 1.29 is 23.2 Å². The summed E-state index contributed by atoms with van der Waals surface area (Å²) in [5, 5.41) is 0. The second kappa shape index (κ2) is 7.14. The fraction of sp³-hybridized carbons (Fsp3) is 0.750. The van der Waals surface area contributed by atoms with Gasteiger partial charge in [-0.1, -0.05) is 13.8 Å². The normalized spacial score (nSPS) is 15.9. The molecule has 0 radical (unpaired) electrons. The van der Waals surface area contributed by atoms with Crippen molar-refractivity contribution in [1.29, 1.82) is 0 Å². The summed E-state index contributed by atoms with van der Waals surface area (Å²) < 4.78 is 25.8. The zero-order valence-electron chi connectivity index (χ0n) is 12.9. The minimum Gasteiger partial charge on any atom is -0.465 e. The minimum absolute atomic E-state index is 0.0141. The Labute approximate surface area is 101 Å². The highest BCUT2D eigenvalue weighted by Gasteiger charge is 2.35. The van der Waals surface area contributed by atoms with E-state index in [-0.39, 0.29) is 6.61 Å². The van der Waals surface area contributed by atoms with Gasteiger partial charge >= 0.3 is 5.97 Å². The molecule has 0 amide bonds. The molecule has 92 valence electrons. The molecule has 0 bridgehead atoms. The second-order valence-electron chi connectivity index (χ2n) is 3.47. The highest BCUT2D eigenvalue weighted by Crippen LogP contribution is 2.17. The molecule has 0 saturated carbocycles. The first-order chi connectivity index (χ1) is 8.70. The van der Waals surface area contributed by atoms with Gasteiger partial charge in [-0.3, -0.25) is 14.4 Å². The van der Waals surface area contributed by atoms with E-state index >= 15 is 0 Å². The maximum Gasteiger partial charge on any atom is 0.324 e. The monoisotopic (exact) mass is 231 g/mol. The third-order valence-corrected chi connectivity index (χ3v) is 2.46. The van der Waals surface area contributed by atoms with Gasteiger partial charge in [-0.15, -0.1) is 0 Å². The van der Waals surface area contributed by atoms with Crippen LogP contribution in [0.15, 0.2) is 0 Å². The molecule has 0 aliphatic rings. The topological polar surface area (TPSA) is 60.4 Å². The van der Waals surface area contributed by atoms with Crippen LogP contribution in [0.5, 0.6) is 0 Å². The van der Waals surface area contributed by atoms with Crippen molar-refractivity contribution in [2.45, 2.75) is 40.5 Å². The Hall–Kier alpha value is -1.19. The van der Waals surface area contributed by atoms with Gasteiger partial charge in [-0.25, -0.2) is 0 Å². The number of ether oxygens (including phenoxy) is 1. The Bertz CT molecular complexity index is 345. The maximum absolute atomic E-state index is 12.1. The highest BCUT2D eigenvalue weighted by atomic mass is 16.5. The molecule has 0 spiro atoms. The molecule has 0 aliphatic heterocycles. The average Bonchev–Trinajstić information content (AvgIpc) is 2.29. The van der Waals surface area contributed by atoms with E-state index in [0.717, 1.165) is 0 Å². The second-order valence-corrected chi connectivity index (χ2v) is 3.47. The Morgan fingerprint density at radius 1 is 1.19 bits per heavy atom. The van der Waals surface area contributed by atoms with Gasteiger partial charge in [0.05, 0.1) is 6.61 Å². The van der Waals surface area contributed by atoms with Crippen molar-refractivity contribution in [2.75, 3.05) is 6.61 Å². The van der Waals surface area contributed by atoms with Crippen molar-refractivity contribution in [1.82, 2.24) is 0 Å². The summed E-state index contributed by atoms with van der Waals surface area (Å²) in [5.74, 6) is -5.44. The first kappa shape index (κ1) is 10.00. The zero-order chi connectivity index (χ0) is 15.2. The summed E-state index contributed by atoms with van der Waals surface area (Å²) in [4.78, 5) is 35.6. The molecule has 0 aliphatic carbocycles. The zero-order valence-corrected chi connectivity index (χ0v) is 9.91. The molecule has 16 heavy (non-hydrogen) atoms. The van der Waals surface area contributed by atoms with E-state index < -0.39 is 36.2 Å². The predicted molar refractivity (Wildman–Crippen MR) is 59.9 cm³/mol. The summed E-state index contributed by atoms with van der Waals surface area (Å²) in [7, 11) is 0. The van der Waals surface area contributed by atoms with E-state index in [0.29, 0.717) is 12.8 Å². The van der Waals surface area contributed by atoms with Crippen LogP contribution in [0, 0.1) is 11.8 Å². The number of carbonyl (C=O) groups excluding carboxylic acids is 3. The smallest absolute Gasteiger partial charge is 0.324 e. The first-order valence-electron chi connectivity index (χ1n) is 6.95. The number of esters is 1. The van der Waals surface area contributed by atoms with Gasteiger partial charge in [-0.05, 0) is 26.6 Å². The van der Waals surface area contributed by atoms with Crippen molar-refractivity contribution in [3.8, 4) is 0 Å². The van der Waals surface area contributed by atoms with Crippen LogP contribution in [0.25, 0.3) is 0 Å². The fourth-order valence-corrected chi connectivity index (χ4v) is 1.50. The maximum atomic E-state index is 12.1. The molecule has 0 N–H and O–H groups in total. The predicted octanol–water partition coefficient (Wildman–Crippen LogP) is 1.76. The van der Waals surface area contributed by atoms with Crippen molar-refractivity contribution >= 4 is 17.5 Å². The van der Waals surface area contributed by atoms with Crippen LogP contribution in [-0.2, 0) is 19.1 Å². The number of rotatable bonds is 7. The Morgan fingerprint density at radius 3 is 2.12 bits per heavy atom. The van der Waals surface area contributed by atoms with Crippen LogP contribution >= 0.6 is 0 Å². The van der Waals surface area contributed by atoms with Crippen molar-refractivity contribution in [3.63, 3.8) is 0 Å². The summed E-state index contributed by atoms with van der Waals surface area (Å²) in [6, 6.07) is 0. The van der Waals surface area contributed by atoms with Crippen LogP contribution in [-0.4, -0.2) is 24.1 Å². The minimum atomic E-state index is -2.99. The van der Waals surface area contributed by atoms with E-state index in [1.165, 1.54) is 6.92 Å². The number of hydrogen-bond donors (Lipinski definition) is 0.